The zero-order chi connectivity index (χ0) is 15.1. The molecule has 0 spiro atoms. The van der Waals surface area contributed by atoms with Gasteiger partial charge in [0.1, 0.15) is 11.6 Å². The summed E-state index contributed by atoms with van der Waals surface area (Å²) in [6.07, 6.45) is 2.01. The molecule has 0 radical (unpaired) electrons. The Morgan fingerprint density at radius 3 is 2.52 bits per heavy atom. The van der Waals surface area contributed by atoms with Crippen molar-refractivity contribution < 1.29 is 18.3 Å². The normalized spacial score (nSPS) is 17.9. The Morgan fingerprint density at radius 1 is 1.24 bits per heavy atom. The van der Waals surface area contributed by atoms with Gasteiger partial charge in [-0.1, -0.05) is 6.07 Å². The summed E-state index contributed by atoms with van der Waals surface area (Å²) in [6, 6.07) is 4.05. The number of hydrogen-bond acceptors (Lipinski definition) is 3. The van der Waals surface area contributed by atoms with E-state index in [2.05, 4.69) is 5.32 Å². The molecule has 2 rings (SSSR count). The van der Waals surface area contributed by atoms with Crippen molar-refractivity contribution in [2.24, 2.45) is 5.41 Å². The van der Waals surface area contributed by atoms with Crippen LogP contribution in [0.3, 0.4) is 0 Å². The first kappa shape index (κ1) is 16.3. The second kappa shape index (κ2) is 7.82. The number of halogens is 2. The van der Waals surface area contributed by atoms with Crippen LogP contribution in [0.25, 0.3) is 0 Å². The van der Waals surface area contributed by atoms with Gasteiger partial charge < -0.3 is 14.8 Å². The van der Waals surface area contributed by atoms with E-state index in [4.69, 9.17) is 9.47 Å². The maximum absolute atomic E-state index is 13.9. The zero-order valence-corrected chi connectivity index (χ0v) is 12.5. The maximum atomic E-state index is 13.9. The first-order valence-corrected chi connectivity index (χ1v) is 7.37. The minimum atomic E-state index is -0.460. The highest BCUT2D eigenvalue weighted by Crippen LogP contribution is 2.35. The molecule has 1 aromatic carbocycles. The highest BCUT2D eigenvalue weighted by molar-refractivity contribution is 5.21. The fourth-order valence-corrected chi connectivity index (χ4v) is 2.82. The third kappa shape index (κ3) is 4.46. The second-order valence-corrected chi connectivity index (χ2v) is 5.66. The minimum absolute atomic E-state index is 0.158. The highest BCUT2D eigenvalue weighted by atomic mass is 19.1. The average Bonchev–Trinajstić information content (AvgIpc) is 2.49. The lowest BCUT2D eigenvalue weighted by molar-refractivity contribution is 0.0135. The molecule has 1 aliphatic heterocycles. The number of rotatable bonds is 7. The van der Waals surface area contributed by atoms with Crippen LogP contribution in [-0.4, -0.2) is 40.0 Å². The molecule has 1 aromatic rings. The first-order valence-electron chi connectivity index (χ1n) is 7.37. The molecule has 1 aliphatic rings. The van der Waals surface area contributed by atoms with Gasteiger partial charge in [-0.15, -0.1) is 0 Å². The quantitative estimate of drug-likeness (QED) is 0.785. The molecule has 0 saturated carbocycles. The molecule has 1 saturated heterocycles. The Hall–Kier alpha value is -1.04. The lowest BCUT2D eigenvalue weighted by Gasteiger charge is -2.38. The number of nitrogens with one attached hydrogen (secondary N) is 1. The van der Waals surface area contributed by atoms with Gasteiger partial charge in [0, 0.05) is 39.0 Å². The summed E-state index contributed by atoms with van der Waals surface area (Å²) in [4.78, 5) is 0. The summed E-state index contributed by atoms with van der Waals surface area (Å²) >= 11 is 0. The molecule has 0 amide bonds. The molecule has 118 valence electrons. The molecule has 0 aromatic heterocycles. The molecule has 0 aliphatic carbocycles. The third-order valence-corrected chi connectivity index (χ3v) is 4.15. The summed E-state index contributed by atoms with van der Waals surface area (Å²) in [6.45, 7) is 3.36. The van der Waals surface area contributed by atoms with E-state index < -0.39 is 11.6 Å². The van der Waals surface area contributed by atoms with Gasteiger partial charge in [-0.3, -0.25) is 0 Å². The van der Waals surface area contributed by atoms with Gasteiger partial charge in [0.25, 0.3) is 0 Å². The van der Waals surface area contributed by atoms with Crippen molar-refractivity contribution >= 4 is 0 Å². The van der Waals surface area contributed by atoms with Crippen molar-refractivity contribution in [1.82, 2.24) is 5.32 Å². The van der Waals surface area contributed by atoms with E-state index >= 15 is 0 Å². The second-order valence-electron chi connectivity index (χ2n) is 5.66. The van der Waals surface area contributed by atoms with Crippen LogP contribution in [0.4, 0.5) is 8.78 Å². The molecule has 1 N–H and O–H groups in total. The Morgan fingerprint density at radius 2 is 1.90 bits per heavy atom. The maximum Gasteiger partial charge on any atom is 0.129 e. The Bertz CT molecular complexity index is 428. The summed E-state index contributed by atoms with van der Waals surface area (Å²) < 4.78 is 38.2. The number of hydrogen-bond donors (Lipinski definition) is 1. The van der Waals surface area contributed by atoms with Gasteiger partial charge >= 0.3 is 0 Å². The molecule has 1 heterocycles. The van der Waals surface area contributed by atoms with Crippen LogP contribution in [0, 0.1) is 17.0 Å². The molecule has 1 fully saturated rings. The van der Waals surface area contributed by atoms with Crippen molar-refractivity contribution in [2.45, 2.75) is 19.3 Å². The van der Waals surface area contributed by atoms with E-state index in [1.807, 2.05) is 0 Å². The van der Waals surface area contributed by atoms with Crippen molar-refractivity contribution in [2.75, 3.05) is 40.0 Å². The predicted molar refractivity (Wildman–Crippen MR) is 77.3 cm³/mol. The zero-order valence-electron chi connectivity index (χ0n) is 12.5. The van der Waals surface area contributed by atoms with Gasteiger partial charge in [0.15, 0.2) is 0 Å². The first-order chi connectivity index (χ1) is 10.2. The lowest BCUT2D eigenvalue weighted by atomic mass is 9.75. The molecular formula is C16H23F2NO2. The Balaban J connectivity index is 2.08. The molecule has 5 heteroatoms. The van der Waals surface area contributed by atoms with Crippen LogP contribution < -0.4 is 5.32 Å². The van der Waals surface area contributed by atoms with Gasteiger partial charge in [-0.2, -0.15) is 0 Å². The fraction of sp³-hybridized carbons (Fsp3) is 0.625. The van der Waals surface area contributed by atoms with E-state index in [9.17, 15) is 8.78 Å². The topological polar surface area (TPSA) is 30.5 Å². The van der Waals surface area contributed by atoms with Crippen LogP contribution in [0.5, 0.6) is 0 Å². The van der Waals surface area contributed by atoms with Gasteiger partial charge in [-0.25, -0.2) is 8.78 Å². The SMILES string of the molecule is COCCNCC1(Cc2c(F)cccc2F)CCOCC1. The number of ether oxygens (including phenoxy) is 2. The van der Waals surface area contributed by atoms with Crippen molar-refractivity contribution in [3.63, 3.8) is 0 Å². The Labute approximate surface area is 124 Å². The molecule has 3 nitrogen and oxygen atoms in total. The van der Waals surface area contributed by atoms with Crippen LogP contribution in [0.2, 0.25) is 0 Å². The van der Waals surface area contributed by atoms with E-state index in [-0.39, 0.29) is 11.0 Å². The summed E-state index contributed by atoms with van der Waals surface area (Å²) in [7, 11) is 1.65. The lowest BCUT2D eigenvalue weighted by Crippen LogP contribution is -2.42. The van der Waals surface area contributed by atoms with Crippen molar-refractivity contribution in [1.29, 1.82) is 0 Å². The van der Waals surface area contributed by atoms with Crippen LogP contribution in [0.1, 0.15) is 18.4 Å². The van der Waals surface area contributed by atoms with Gasteiger partial charge in [0.05, 0.1) is 6.61 Å². The van der Waals surface area contributed by atoms with E-state index in [0.29, 0.717) is 32.8 Å². The van der Waals surface area contributed by atoms with Crippen LogP contribution >= 0.6 is 0 Å². The summed E-state index contributed by atoms with van der Waals surface area (Å²) in [5, 5.41) is 3.33. The van der Waals surface area contributed by atoms with E-state index in [0.717, 1.165) is 19.4 Å². The molecular weight excluding hydrogens is 276 g/mol. The van der Waals surface area contributed by atoms with Gasteiger partial charge in [-0.05, 0) is 36.8 Å². The standard InChI is InChI=1S/C16H23F2NO2/c1-20-10-7-19-12-16(5-8-21-9-6-16)11-13-14(17)3-2-4-15(13)18/h2-4,19H,5-12H2,1H3. The van der Waals surface area contributed by atoms with E-state index in [1.165, 1.54) is 18.2 Å². The predicted octanol–water partition coefficient (Wildman–Crippen LogP) is 2.54. The van der Waals surface area contributed by atoms with Crippen LogP contribution in [0.15, 0.2) is 18.2 Å². The average molecular weight is 299 g/mol. The molecule has 0 atom stereocenters. The van der Waals surface area contributed by atoms with Gasteiger partial charge in [0.2, 0.25) is 0 Å². The van der Waals surface area contributed by atoms with Crippen LogP contribution in [-0.2, 0) is 15.9 Å². The number of benzene rings is 1. The largest absolute Gasteiger partial charge is 0.383 e. The molecule has 0 unspecified atom stereocenters. The summed E-state index contributed by atoms with van der Waals surface area (Å²) in [5.41, 5.74) is 0.0302. The summed E-state index contributed by atoms with van der Waals surface area (Å²) in [5.74, 6) is -0.921. The van der Waals surface area contributed by atoms with Crippen molar-refractivity contribution in [3.8, 4) is 0 Å². The molecule has 21 heavy (non-hydrogen) atoms. The Kier molecular flexibility index (Phi) is 6.08. The third-order valence-electron chi connectivity index (χ3n) is 4.15. The van der Waals surface area contributed by atoms with Crippen molar-refractivity contribution in [3.05, 3.63) is 35.4 Å². The number of methoxy groups -OCH3 is 1. The fourth-order valence-electron chi connectivity index (χ4n) is 2.82. The van der Waals surface area contributed by atoms with E-state index in [1.54, 1.807) is 7.11 Å². The highest BCUT2D eigenvalue weighted by Gasteiger charge is 2.34. The smallest absolute Gasteiger partial charge is 0.129 e. The minimum Gasteiger partial charge on any atom is -0.383 e. The monoisotopic (exact) mass is 299 g/mol. The molecule has 0 bridgehead atoms.